The molecule has 0 spiro atoms. The van der Waals surface area contributed by atoms with Crippen molar-refractivity contribution in [3.63, 3.8) is 0 Å². The minimum Gasteiger partial charge on any atom is -0.325 e. The van der Waals surface area contributed by atoms with Gasteiger partial charge in [0.1, 0.15) is 0 Å². The van der Waals surface area contributed by atoms with Crippen LogP contribution in [0.15, 0.2) is 64.9 Å². The highest BCUT2D eigenvalue weighted by Gasteiger charge is 2.19. The van der Waals surface area contributed by atoms with Crippen molar-refractivity contribution in [3.8, 4) is 0 Å². The minimum absolute atomic E-state index is 0.0732. The molecule has 0 bridgehead atoms. The molecule has 0 aliphatic heterocycles. The largest absolute Gasteiger partial charge is 0.325 e. The maximum absolute atomic E-state index is 12.8. The monoisotopic (exact) mass is 444 g/mol. The summed E-state index contributed by atoms with van der Waals surface area (Å²) >= 11 is 8.92. The standard InChI is InChI=1S/C22H21ClN2O2S2/c1-3-19(21(26)25-18-12-15(23)10-9-14(18)2)29-17-7-4-6-16(13-17)24-22(27)20-8-5-11-28-20/h4-13,19H,3H2,1-2H3,(H,24,27)(H,25,26). The molecular weight excluding hydrogens is 424 g/mol. The fraction of sp³-hybridized carbons (Fsp3) is 0.182. The number of hydrogen-bond donors (Lipinski definition) is 2. The van der Waals surface area contributed by atoms with Crippen LogP contribution in [-0.2, 0) is 4.79 Å². The van der Waals surface area contributed by atoms with E-state index >= 15 is 0 Å². The van der Waals surface area contributed by atoms with Crippen LogP contribution in [0, 0.1) is 6.92 Å². The molecule has 0 aliphatic rings. The number of amides is 2. The lowest BCUT2D eigenvalue weighted by atomic mass is 10.2. The molecule has 7 heteroatoms. The number of carbonyl (C=O) groups excluding carboxylic acids is 2. The zero-order valence-corrected chi connectivity index (χ0v) is 18.5. The summed E-state index contributed by atoms with van der Waals surface area (Å²) in [6, 6.07) is 16.6. The first kappa shape index (κ1) is 21.4. The number of benzene rings is 2. The summed E-state index contributed by atoms with van der Waals surface area (Å²) in [5.74, 6) is -0.209. The molecule has 3 rings (SSSR count). The Kier molecular flexibility index (Phi) is 7.36. The molecule has 2 N–H and O–H groups in total. The van der Waals surface area contributed by atoms with E-state index in [1.807, 2.05) is 55.6 Å². The predicted octanol–water partition coefficient (Wildman–Crippen LogP) is 6.47. The average molecular weight is 445 g/mol. The Balaban J connectivity index is 1.68. The molecular formula is C22H21ClN2O2S2. The molecule has 1 aromatic heterocycles. The van der Waals surface area contributed by atoms with Crippen molar-refractivity contribution in [2.24, 2.45) is 0 Å². The number of rotatable bonds is 7. The lowest BCUT2D eigenvalue weighted by Crippen LogP contribution is -2.25. The number of thioether (sulfide) groups is 1. The lowest BCUT2D eigenvalue weighted by Gasteiger charge is -2.16. The van der Waals surface area contributed by atoms with Gasteiger partial charge in [-0.15, -0.1) is 23.1 Å². The van der Waals surface area contributed by atoms with Gasteiger partial charge in [0.25, 0.3) is 5.91 Å². The van der Waals surface area contributed by atoms with Gasteiger partial charge in [-0.1, -0.05) is 36.7 Å². The van der Waals surface area contributed by atoms with Gasteiger partial charge >= 0.3 is 0 Å². The summed E-state index contributed by atoms with van der Waals surface area (Å²) in [5.41, 5.74) is 2.38. The Bertz CT molecular complexity index is 1010. The van der Waals surface area contributed by atoms with Crippen LogP contribution in [0.2, 0.25) is 5.02 Å². The van der Waals surface area contributed by atoms with Crippen molar-refractivity contribution in [2.75, 3.05) is 10.6 Å². The Morgan fingerprint density at radius 1 is 1.10 bits per heavy atom. The van der Waals surface area contributed by atoms with E-state index in [1.54, 1.807) is 18.2 Å². The van der Waals surface area contributed by atoms with E-state index in [-0.39, 0.29) is 17.1 Å². The first-order chi connectivity index (χ1) is 14.0. The Morgan fingerprint density at radius 3 is 2.66 bits per heavy atom. The highest BCUT2D eigenvalue weighted by atomic mass is 35.5. The van der Waals surface area contributed by atoms with E-state index in [1.165, 1.54) is 23.1 Å². The summed E-state index contributed by atoms with van der Waals surface area (Å²) in [7, 11) is 0. The van der Waals surface area contributed by atoms with Crippen LogP contribution < -0.4 is 10.6 Å². The second kappa shape index (κ2) is 9.96. The second-order valence-corrected chi connectivity index (χ2v) is 9.08. The van der Waals surface area contributed by atoms with Crippen LogP contribution in [0.4, 0.5) is 11.4 Å². The molecule has 2 aromatic carbocycles. The van der Waals surface area contributed by atoms with Crippen LogP contribution in [0.1, 0.15) is 28.6 Å². The van der Waals surface area contributed by atoms with Gasteiger partial charge in [-0.3, -0.25) is 9.59 Å². The van der Waals surface area contributed by atoms with Crippen molar-refractivity contribution in [1.82, 2.24) is 0 Å². The fourth-order valence-corrected chi connectivity index (χ4v) is 4.48. The first-order valence-corrected chi connectivity index (χ1v) is 11.3. The predicted molar refractivity (Wildman–Crippen MR) is 123 cm³/mol. The van der Waals surface area contributed by atoms with Gasteiger partial charge in [0.2, 0.25) is 5.91 Å². The average Bonchev–Trinajstić information content (AvgIpc) is 3.24. The third-order valence-corrected chi connectivity index (χ3v) is 6.70. The van der Waals surface area contributed by atoms with Crippen LogP contribution in [0.5, 0.6) is 0 Å². The Hall–Kier alpha value is -2.28. The Labute approximate surface area is 183 Å². The van der Waals surface area contributed by atoms with Crippen LogP contribution in [0.3, 0.4) is 0 Å². The number of thiophene rings is 1. The van der Waals surface area contributed by atoms with Crippen LogP contribution >= 0.6 is 34.7 Å². The smallest absolute Gasteiger partial charge is 0.265 e. The third-order valence-electron chi connectivity index (χ3n) is 4.24. The summed E-state index contributed by atoms with van der Waals surface area (Å²) in [5, 5.41) is 8.06. The maximum Gasteiger partial charge on any atom is 0.265 e. The zero-order chi connectivity index (χ0) is 20.8. The van der Waals surface area contributed by atoms with Gasteiger partial charge in [0.05, 0.1) is 10.1 Å². The number of nitrogens with one attached hydrogen (secondary N) is 2. The molecule has 0 saturated heterocycles. The van der Waals surface area contributed by atoms with E-state index in [2.05, 4.69) is 10.6 Å². The molecule has 3 aromatic rings. The maximum atomic E-state index is 12.8. The molecule has 2 amide bonds. The van der Waals surface area contributed by atoms with Gasteiger partial charge in [-0.25, -0.2) is 0 Å². The molecule has 150 valence electrons. The highest BCUT2D eigenvalue weighted by Crippen LogP contribution is 2.29. The number of carbonyl (C=O) groups is 2. The molecule has 0 radical (unpaired) electrons. The van der Waals surface area contributed by atoms with Crippen molar-refractivity contribution in [1.29, 1.82) is 0 Å². The lowest BCUT2D eigenvalue weighted by molar-refractivity contribution is -0.115. The molecule has 0 fully saturated rings. The zero-order valence-electron chi connectivity index (χ0n) is 16.1. The number of hydrogen-bond acceptors (Lipinski definition) is 4. The number of aryl methyl sites for hydroxylation is 1. The normalized spacial score (nSPS) is 11.7. The van der Waals surface area contributed by atoms with Gasteiger partial charge in [-0.05, 0) is 60.7 Å². The van der Waals surface area contributed by atoms with E-state index in [4.69, 9.17) is 11.6 Å². The van der Waals surface area contributed by atoms with E-state index in [0.717, 1.165) is 16.1 Å². The summed E-state index contributed by atoms with van der Waals surface area (Å²) < 4.78 is 0. The SMILES string of the molecule is CCC(Sc1cccc(NC(=O)c2cccs2)c1)C(=O)Nc1cc(Cl)ccc1C. The van der Waals surface area contributed by atoms with Crippen LogP contribution in [0.25, 0.3) is 0 Å². The van der Waals surface area contributed by atoms with Crippen molar-refractivity contribution in [2.45, 2.75) is 30.4 Å². The van der Waals surface area contributed by atoms with E-state index in [0.29, 0.717) is 22.0 Å². The Morgan fingerprint density at radius 2 is 1.93 bits per heavy atom. The molecule has 1 atom stereocenters. The van der Waals surface area contributed by atoms with Crippen LogP contribution in [-0.4, -0.2) is 17.1 Å². The van der Waals surface area contributed by atoms with Crippen molar-refractivity contribution < 1.29 is 9.59 Å². The fourth-order valence-electron chi connectivity index (χ4n) is 2.68. The molecule has 0 aliphatic carbocycles. The third kappa shape index (κ3) is 5.85. The second-order valence-electron chi connectivity index (χ2n) is 6.42. The van der Waals surface area contributed by atoms with Gasteiger partial charge < -0.3 is 10.6 Å². The van der Waals surface area contributed by atoms with E-state index < -0.39 is 0 Å². The molecule has 29 heavy (non-hydrogen) atoms. The molecule has 0 saturated carbocycles. The first-order valence-electron chi connectivity index (χ1n) is 9.15. The summed E-state index contributed by atoms with van der Waals surface area (Å²) in [6.07, 6.45) is 0.669. The van der Waals surface area contributed by atoms with Gasteiger partial charge in [0.15, 0.2) is 0 Å². The summed E-state index contributed by atoms with van der Waals surface area (Å²) in [4.78, 5) is 26.6. The number of anilines is 2. The minimum atomic E-state index is -0.267. The molecule has 1 heterocycles. The topological polar surface area (TPSA) is 58.2 Å². The summed E-state index contributed by atoms with van der Waals surface area (Å²) in [6.45, 7) is 3.91. The van der Waals surface area contributed by atoms with Crippen molar-refractivity contribution >= 4 is 57.9 Å². The number of halogens is 1. The highest BCUT2D eigenvalue weighted by molar-refractivity contribution is 8.00. The molecule has 1 unspecified atom stereocenters. The van der Waals surface area contributed by atoms with Crippen molar-refractivity contribution in [3.05, 3.63) is 75.4 Å². The van der Waals surface area contributed by atoms with Gasteiger partial charge in [0, 0.05) is 21.3 Å². The van der Waals surface area contributed by atoms with E-state index in [9.17, 15) is 9.59 Å². The van der Waals surface area contributed by atoms with Gasteiger partial charge in [-0.2, -0.15) is 0 Å². The molecule has 4 nitrogen and oxygen atoms in total. The quantitative estimate of drug-likeness (QED) is 0.410.